The fourth-order valence-electron chi connectivity index (χ4n) is 5.14. The van der Waals surface area contributed by atoms with Gasteiger partial charge in [0.2, 0.25) is 0 Å². The van der Waals surface area contributed by atoms with E-state index in [1.807, 2.05) is 0 Å². The van der Waals surface area contributed by atoms with Crippen LogP contribution in [0.2, 0.25) is 0 Å². The summed E-state index contributed by atoms with van der Waals surface area (Å²) in [5.41, 5.74) is 1.58. The number of hydrogen-bond donors (Lipinski definition) is 4. The van der Waals surface area contributed by atoms with Crippen LogP contribution in [0.25, 0.3) is 0 Å². The average molecular weight is 610 g/mol. The quantitative estimate of drug-likeness (QED) is 0.257. The highest BCUT2D eigenvalue weighted by molar-refractivity contribution is 7.81. The van der Waals surface area contributed by atoms with Gasteiger partial charge in [0, 0.05) is 42.5 Å². The van der Waals surface area contributed by atoms with Gasteiger partial charge >= 0.3 is 6.18 Å². The van der Waals surface area contributed by atoms with Gasteiger partial charge in [0.25, 0.3) is 0 Å². The zero-order valence-electron chi connectivity index (χ0n) is 24.2. The predicted molar refractivity (Wildman–Crippen MR) is 159 cm³/mol. The van der Waals surface area contributed by atoms with E-state index in [9.17, 15) is 17.4 Å². The molecule has 1 aromatic carbocycles. The Morgan fingerprint density at radius 3 is 2.48 bits per heavy atom. The highest BCUT2D eigenvalue weighted by Crippen LogP contribution is 2.43. The first-order chi connectivity index (χ1) is 19.7. The number of alkyl halides is 3. The molecular formula is C28H38F3N7O3S. The highest BCUT2D eigenvalue weighted by Gasteiger charge is 2.41. The molecule has 2 aliphatic heterocycles. The Bertz CT molecular complexity index is 1330. The van der Waals surface area contributed by atoms with Crippen LogP contribution in [0.3, 0.4) is 0 Å². The standard InChI is InChI=1S/C28H38F3N7O3S/c1-18-12-27(17-40-18)7-9-38(10-8-27)25-23(15-41-42(39)26(2,3)4)36-24(22(14-33)37-25)35-20-6-5-19(13-32)21(11-20)34-16-28(29,30)31/h5-6,11,13-14,18,32-34H,7-10,12,15-17H2,1-4H3,(H,35,36)/t18-,42?/m0/s1. The van der Waals surface area contributed by atoms with E-state index in [-0.39, 0.29) is 40.9 Å². The van der Waals surface area contributed by atoms with Crippen LogP contribution in [0.1, 0.15) is 63.9 Å². The Morgan fingerprint density at radius 2 is 1.90 bits per heavy atom. The van der Waals surface area contributed by atoms with Crippen LogP contribution in [0.4, 0.5) is 36.2 Å². The van der Waals surface area contributed by atoms with Gasteiger partial charge in [0.1, 0.15) is 24.5 Å². The summed E-state index contributed by atoms with van der Waals surface area (Å²) >= 11 is -1.62. The van der Waals surface area contributed by atoms with E-state index in [0.717, 1.165) is 38.3 Å². The summed E-state index contributed by atoms with van der Waals surface area (Å²) in [6.07, 6.45) is 0.671. The molecule has 42 heavy (non-hydrogen) atoms. The zero-order valence-corrected chi connectivity index (χ0v) is 25.0. The van der Waals surface area contributed by atoms with Crippen LogP contribution in [-0.2, 0) is 26.6 Å². The summed E-state index contributed by atoms with van der Waals surface area (Å²) < 4.78 is 62.2. The predicted octanol–water partition coefficient (Wildman–Crippen LogP) is 5.56. The molecule has 2 saturated heterocycles. The van der Waals surface area contributed by atoms with E-state index in [1.165, 1.54) is 12.1 Å². The monoisotopic (exact) mass is 609 g/mol. The first-order valence-corrected chi connectivity index (χ1v) is 14.8. The number of aromatic nitrogens is 2. The maximum absolute atomic E-state index is 12.8. The van der Waals surface area contributed by atoms with Gasteiger partial charge in [-0.2, -0.15) is 13.2 Å². The lowest BCUT2D eigenvalue weighted by Crippen LogP contribution is -2.41. The molecule has 1 unspecified atom stereocenters. The van der Waals surface area contributed by atoms with Crippen molar-refractivity contribution in [3.8, 4) is 0 Å². The Labute approximate surface area is 246 Å². The highest BCUT2D eigenvalue weighted by atomic mass is 32.2. The smallest absolute Gasteiger partial charge is 0.378 e. The Morgan fingerprint density at radius 1 is 1.19 bits per heavy atom. The molecule has 3 heterocycles. The lowest BCUT2D eigenvalue weighted by atomic mass is 9.77. The molecule has 0 amide bonds. The van der Waals surface area contributed by atoms with Crippen LogP contribution in [-0.4, -0.2) is 69.9 Å². The number of rotatable bonds is 10. The van der Waals surface area contributed by atoms with Crippen LogP contribution in [0, 0.1) is 16.2 Å². The maximum Gasteiger partial charge on any atom is 0.405 e. The van der Waals surface area contributed by atoms with Gasteiger partial charge in [0.05, 0.1) is 17.5 Å². The number of piperidine rings is 1. The topological polar surface area (TPSA) is 136 Å². The van der Waals surface area contributed by atoms with Gasteiger partial charge in [-0.1, -0.05) is 0 Å². The summed E-state index contributed by atoms with van der Waals surface area (Å²) in [5, 5.41) is 21.0. The molecule has 4 rings (SSSR count). The van der Waals surface area contributed by atoms with Crippen molar-refractivity contribution < 1.29 is 26.3 Å². The van der Waals surface area contributed by atoms with E-state index in [4.69, 9.17) is 29.7 Å². The molecule has 2 aliphatic rings. The zero-order chi connectivity index (χ0) is 30.7. The maximum atomic E-state index is 12.8. The normalized spacial score (nSPS) is 19.5. The molecule has 230 valence electrons. The van der Waals surface area contributed by atoms with Crippen LogP contribution in [0.15, 0.2) is 18.2 Å². The van der Waals surface area contributed by atoms with Crippen molar-refractivity contribution in [2.45, 2.75) is 70.6 Å². The summed E-state index contributed by atoms with van der Waals surface area (Å²) in [4.78, 5) is 11.6. The van der Waals surface area contributed by atoms with Crippen molar-refractivity contribution in [1.82, 2.24) is 9.97 Å². The summed E-state index contributed by atoms with van der Waals surface area (Å²) in [7, 11) is 0. The number of hydrogen-bond acceptors (Lipinski definition) is 10. The number of anilines is 4. The number of halogens is 3. The molecule has 0 bridgehead atoms. The molecule has 2 atom stereocenters. The van der Waals surface area contributed by atoms with E-state index >= 15 is 0 Å². The SMILES string of the molecule is C[C@H]1CC2(CCN(c3nc(C=N)c(Nc4ccc(C=N)c(NCC(F)(F)F)c4)nc3COS(=O)C(C)(C)C)CC2)CO1. The number of benzene rings is 1. The van der Waals surface area contributed by atoms with Gasteiger partial charge in [-0.15, -0.1) is 0 Å². The Hall–Kier alpha value is -3.10. The van der Waals surface area contributed by atoms with Crippen LogP contribution < -0.4 is 15.5 Å². The van der Waals surface area contributed by atoms with Crippen molar-refractivity contribution in [1.29, 1.82) is 10.8 Å². The Balaban J connectivity index is 1.64. The minimum Gasteiger partial charge on any atom is -0.378 e. The lowest BCUT2D eigenvalue weighted by Gasteiger charge is -2.39. The summed E-state index contributed by atoms with van der Waals surface area (Å²) in [6, 6.07) is 4.55. The van der Waals surface area contributed by atoms with Crippen LogP contribution >= 0.6 is 0 Å². The minimum atomic E-state index is -4.43. The third kappa shape index (κ3) is 7.84. The second-order valence-electron chi connectivity index (χ2n) is 11.8. The van der Waals surface area contributed by atoms with Gasteiger partial charge < -0.3 is 31.1 Å². The first kappa shape index (κ1) is 31.8. The van der Waals surface area contributed by atoms with E-state index < -0.39 is 28.5 Å². The van der Waals surface area contributed by atoms with Gasteiger partial charge in [-0.25, -0.2) is 14.2 Å². The van der Waals surface area contributed by atoms with Gasteiger partial charge in [-0.05, 0) is 70.6 Å². The Kier molecular flexibility index (Phi) is 9.58. The van der Waals surface area contributed by atoms with Crippen molar-refractivity contribution in [3.05, 3.63) is 35.2 Å². The number of nitrogens with one attached hydrogen (secondary N) is 4. The second-order valence-corrected chi connectivity index (χ2v) is 13.8. The molecule has 1 aromatic heterocycles. The fraction of sp³-hybridized carbons (Fsp3) is 0.571. The van der Waals surface area contributed by atoms with E-state index in [1.54, 1.807) is 26.8 Å². The molecule has 0 aliphatic carbocycles. The first-order valence-electron chi connectivity index (χ1n) is 13.8. The molecule has 10 nitrogen and oxygen atoms in total. The van der Waals surface area contributed by atoms with Crippen molar-refractivity contribution in [3.63, 3.8) is 0 Å². The molecule has 1 spiro atoms. The van der Waals surface area contributed by atoms with Gasteiger partial charge in [-0.3, -0.25) is 4.18 Å². The molecule has 2 aromatic rings. The molecule has 0 saturated carbocycles. The molecule has 0 radical (unpaired) electrons. The fourth-order valence-corrected chi connectivity index (χ4v) is 5.71. The van der Waals surface area contributed by atoms with Crippen LogP contribution in [0.5, 0.6) is 0 Å². The number of nitrogens with zero attached hydrogens (tertiary/aromatic N) is 3. The third-order valence-corrected chi connectivity index (χ3v) is 8.71. The third-order valence-electron chi connectivity index (χ3n) is 7.38. The summed E-state index contributed by atoms with van der Waals surface area (Å²) in [6.45, 7) is 8.31. The van der Waals surface area contributed by atoms with Crippen molar-refractivity contribution in [2.75, 3.05) is 41.8 Å². The molecular weight excluding hydrogens is 571 g/mol. The number of ether oxygens (including phenoxy) is 1. The van der Waals surface area contributed by atoms with E-state index in [0.29, 0.717) is 30.3 Å². The lowest BCUT2D eigenvalue weighted by molar-refractivity contribution is -0.115. The van der Waals surface area contributed by atoms with Gasteiger partial charge in [0.15, 0.2) is 22.7 Å². The average Bonchev–Trinajstić information content (AvgIpc) is 3.29. The van der Waals surface area contributed by atoms with E-state index in [2.05, 4.69) is 22.5 Å². The molecule has 4 N–H and O–H groups in total. The molecule has 2 fully saturated rings. The summed E-state index contributed by atoms with van der Waals surface area (Å²) in [5.74, 6) is 0.739. The minimum absolute atomic E-state index is 0.0912. The largest absolute Gasteiger partial charge is 0.405 e. The van der Waals surface area contributed by atoms with Crippen molar-refractivity contribution >= 4 is 46.5 Å². The second kappa shape index (κ2) is 12.6. The molecule has 14 heteroatoms. The van der Waals surface area contributed by atoms with Crippen molar-refractivity contribution in [2.24, 2.45) is 5.41 Å².